The topological polar surface area (TPSA) is 36.4 Å². The molecule has 72 valence electrons. The van der Waals surface area contributed by atoms with Crippen LogP contribution >= 0.6 is 0 Å². The molecule has 0 aromatic carbocycles. The second-order valence-electron chi connectivity index (χ2n) is 4.18. The largest absolute Gasteiger partial charge is 0.286 e. The highest BCUT2D eigenvalue weighted by atomic mass is 16.5. The second-order valence-corrected chi connectivity index (χ2v) is 4.18. The minimum absolute atomic E-state index is 0.317. The lowest BCUT2D eigenvalue weighted by Gasteiger charge is -2.30. The number of nitrogens with zero attached hydrogens (tertiary/aromatic N) is 2. The van der Waals surface area contributed by atoms with Crippen LogP contribution in [0.25, 0.3) is 0 Å². The summed E-state index contributed by atoms with van der Waals surface area (Å²) in [6.45, 7) is 7.74. The average molecular weight is 180 g/mol. The van der Waals surface area contributed by atoms with E-state index >= 15 is 0 Å². The molecule has 1 N–H and O–H groups in total. The molecule has 1 aromatic heterocycles. The summed E-state index contributed by atoms with van der Waals surface area (Å²) in [5, 5.41) is 10.9. The zero-order valence-electron chi connectivity index (χ0n) is 8.57. The molecule has 0 radical (unpaired) electrons. The monoisotopic (exact) mass is 180 g/mol. The zero-order valence-corrected chi connectivity index (χ0v) is 8.57. The number of pyridine rings is 1. The molecule has 1 heterocycles. The molecular weight excluding hydrogens is 164 g/mol. The van der Waals surface area contributed by atoms with E-state index in [0.29, 0.717) is 5.82 Å². The lowest BCUT2D eigenvalue weighted by Crippen LogP contribution is -2.39. The Hall–Kier alpha value is -1.09. The summed E-state index contributed by atoms with van der Waals surface area (Å²) in [6.07, 6.45) is 1.74. The van der Waals surface area contributed by atoms with Crippen molar-refractivity contribution in [3.8, 4) is 0 Å². The molecule has 0 saturated heterocycles. The van der Waals surface area contributed by atoms with Gasteiger partial charge in [0.05, 0.1) is 5.54 Å². The molecule has 0 atom stereocenters. The fraction of sp³-hybridized carbons (Fsp3) is 0.500. The predicted octanol–water partition coefficient (Wildman–Crippen LogP) is 2.38. The molecule has 0 amide bonds. The van der Waals surface area contributed by atoms with E-state index in [1.807, 2.05) is 33.8 Å². The Morgan fingerprint density at radius 2 is 1.92 bits per heavy atom. The van der Waals surface area contributed by atoms with Crippen LogP contribution in [0, 0.1) is 6.92 Å². The van der Waals surface area contributed by atoms with Crippen molar-refractivity contribution >= 4 is 5.82 Å². The third-order valence-corrected chi connectivity index (χ3v) is 1.75. The molecular formula is C10H16N2O. The van der Waals surface area contributed by atoms with Crippen LogP contribution in [0.5, 0.6) is 0 Å². The van der Waals surface area contributed by atoms with Gasteiger partial charge in [0.2, 0.25) is 0 Å². The first-order chi connectivity index (χ1) is 5.91. The number of aryl methyl sites for hydroxylation is 1. The quantitative estimate of drug-likeness (QED) is 0.674. The van der Waals surface area contributed by atoms with Gasteiger partial charge in [-0.3, -0.25) is 5.21 Å². The highest BCUT2D eigenvalue weighted by Gasteiger charge is 2.20. The van der Waals surface area contributed by atoms with Gasteiger partial charge in [-0.1, -0.05) is 6.07 Å². The number of rotatable bonds is 1. The molecule has 0 spiro atoms. The maximum Gasteiger partial charge on any atom is 0.152 e. The summed E-state index contributed by atoms with van der Waals surface area (Å²) < 4.78 is 0. The van der Waals surface area contributed by atoms with Gasteiger partial charge in [0.15, 0.2) is 5.82 Å². The van der Waals surface area contributed by atoms with Crippen molar-refractivity contribution in [1.29, 1.82) is 0 Å². The summed E-state index contributed by atoms with van der Waals surface area (Å²) in [5.74, 6) is 0.582. The van der Waals surface area contributed by atoms with Crippen molar-refractivity contribution in [1.82, 2.24) is 4.98 Å². The lowest BCUT2D eigenvalue weighted by molar-refractivity contribution is 0.178. The van der Waals surface area contributed by atoms with E-state index in [4.69, 9.17) is 0 Å². The van der Waals surface area contributed by atoms with Gasteiger partial charge in [-0.05, 0) is 39.3 Å². The molecule has 0 fully saturated rings. The van der Waals surface area contributed by atoms with Crippen molar-refractivity contribution in [3.63, 3.8) is 0 Å². The van der Waals surface area contributed by atoms with E-state index in [1.54, 1.807) is 12.3 Å². The number of hydroxylamine groups is 1. The average Bonchev–Trinajstić information content (AvgIpc) is 2.03. The van der Waals surface area contributed by atoms with Crippen molar-refractivity contribution in [2.75, 3.05) is 5.06 Å². The summed E-state index contributed by atoms with van der Waals surface area (Å²) >= 11 is 0. The van der Waals surface area contributed by atoms with E-state index in [0.717, 1.165) is 5.56 Å². The Labute approximate surface area is 79.0 Å². The molecule has 0 aliphatic heterocycles. The number of hydrogen-bond donors (Lipinski definition) is 1. The summed E-state index contributed by atoms with van der Waals surface area (Å²) in [4.78, 5) is 4.12. The van der Waals surface area contributed by atoms with Gasteiger partial charge < -0.3 is 0 Å². The van der Waals surface area contributed by atoms with E-state index in [1.165, 1.54) is 5.06 Å². The van der Waals surface area contributed by atoms with Crippen molar-refractivity contribution < 1.29 is 5.21 Å². The third-order valence-electron chi connectivity index (χ3n) is 1.75. The standard InChI is InChI=1S/C10H16N2O/c1-8-5-6-9(11-7-8)12(13)10(2,3)4/h5-7,13H,1-4H3. The summed E-state index contributed by atoms with van der Waals surface area (Å²) in [7, 11) is 0. The van der Waals surface area contributed by atoms with Gasteiger partial charge in [0.1, 0.15) is 0 Å². The Morgan fingerprint density at radius 3 is 2.31 bits per heavy atom. The van der Waals surface area contributed by atoms with Crippen LogP contribution in [0.2, 0.25) is 0 Å². The zero-order chi connectivity index (χ0) is 10.1. The number of hydrogen-bond acceptors (Lipinski definition) is 3. The first kappa shape index (κ1) is 9.99. The van der Waals surface area contributed by atoms with Crippen LogP contribution in [0.4, 0.5) is 5.82 Å². The van der Waals surface area contributed by atoms with Crippen LogP contribution in [0.1, 0.15) is 26.3 Å². The molecule has 0 saturated carbocycles. The van der Waals surface area contributed by atoms with Gasteiger partial charge in [0, 0.05) is 6.20 Å². The number of aromatic nitrogens is 1. The first-order valence-corrected chi connectivity index (χ1v) is 4.33. The molecule has 13 heavy (non-hydrogen) atoms. The molecule has 3 heteroatoms. The molecule has 1 rings (SSSR count). The maximum absolute atomic E-state index is 9.72. The minimum atomic E-state index is -0.317. The van der Waals surface area contributed by atoms with Gasteiger partial charge in [0.25, 0.3) is 0 Å². The first-order valence-electron chi connectivity index (χ1n) is 4.33. The minimum Gasteiger partial charge on any atom is -0.286 e. The van der Waals surface area contributed by atoms with Crippen molar-refractivity contribution in [2.45, 2.75) is 33.2 Å². The normalized spacial score (nSPS) is 11.5. The van der Waals surface area contributed by atoms with Crippen LogP contribution < -0.4 is 5.06 Å². The predicted molar refractivity (Wildman–Crippen MR) is 53.0 cm³/mol. The third kappa shape index (κ3) is 2.42. The smallest absolute Gasteiger partial charge is 0.152 e. The second kappa shape index (κ2) is 3.34. The SMILES string of the molecule is Cc1ccc(N(O)C(C)(C)C)nc1. The highest BCUT2D eigenvalue weighted by molar-refractivity contribution is 5.38. The van der Waals surface area contributed by atoms with E-state index < -0.39 is 0 Å². The molecule has 1 aromatic rings. The molecule has 0 aliphatic rings. The van der Waals surface area contributed by atoms with Crippen LogP contribution in [-0.2, 0) is 0 Å². The maximum atomic E-state index is 9.72. The lowest BCUT2D eigenvalue weighted by atomic mass is 10.1. The summed E-state index contributed by atoms with van der Waals surface area (Å²) in [5.41, 5.74) is 0.772. The van der Waals surface area contributed by atoms with Gasteiger partial charge >= 0.3 is 0 Å². The Balaban J connectivity index is 2.90. The van der Waals surface area contributed by atoms with Crippen LogP contribution in [-0.4, -0.2) is 15.7 Å². The van der Waals surface area contributed by atoms with Crippen LogP contribution in [0.3, 0.4) is 0 Å². The van der Waals surface area contributed by atoms with Crippen molar-refractivity contribution in [3.05, 3.63) is 23.9 Å². The van der Waals surface area contributed by atoms with E-state index in [-0.39, 0.29) is 5.54 Å². The Kier molecular flexibility index (Phi) is 2.57. The van der Waals surface area contributed by atoms with Gasteiger partial charge in [-0.25, -0.2) is 10.0 Å². The Morgan fingerprint density at radius 1 is 1.31 bits per heavy atom. The molecule has 0 bridgehead atoms. The summed E-state index contributed by atoms with van der Waals surface area (Å²) in [6, 6.07) is 3.73. The fourth-order valence-electron chi connectivity index (χ4n) is 0.929. The highest BCUT2D eigenvalue weighted by Crippen LogP contribution is 2.18. The fourth-order valence-corrected chi connectivity index (χ4v) is 0.929. The Bertz CT molecular complexity index is 274. The van der Waals surface area contributed by atoms with E-state index in [2.05, 4.69) is 4.98 Å². The van der Waals surface area contributed by atoms with Crippen molar-refractivity contribution in [2.24, 2.45) is 0 Å². The molecule has 0 aliphatic carbocycles. The molecule has 0 unspecified atom stereocenters. The van der Waals surface area contributed by atoms with Crippen LogP contribution in [0.15, 0.2) is 18.3 Å². The number of anilines is 1. The van der Waals surface area contributed by atoms with Gasteiger partial charge in [-0.2, -0.15) is 0 Å². The molecule has 3 nitrogen and oxygen atoms in total. The van der Waals surface area contributed by atoms with E-state index in [9.17, 15) is 5.21 Å². The van der Waals surface area contributed by atoms with Gasteiger partial charge in [-0.15, -0.1) is 0 Å².